The topological polar surface area (TPSA) is 118 Å². The molecule has 6 rings (SSSR count). The van der Waals surface area contributed by atoms with Crippen molar-refractivity contribution in [3.05, 3.63) is 47.0 Å². The first-order valence-corrected chi connectivity index (χ1v) is 16.9. The zero-order valence-corrected chi connectivity index (χ0v) is 27.8. The van der Waals surface area contributed by atoms with Crippen LogP contribution in [0.4, 0.5) is 0 Å². The Balaban J connectivity index is 1.33. The van der Waals surface area contributed by atoms with E-state index in [1.165, 1.54) is 17.7 Å². The fourth-order valence-electron chi connectivity index (χ4n) is 11.7. The van der Waals surface area contributed by atoms with E-state index in [0.717, 1.165) is 57.7 Å². The van der Waals surface area contributed by atoms with E-state index in [2.05, 4.69) is 40.7 Å². The molecule has 0 spiro atoms. The Morgan fingerprint density at radius 3 is 2.16 bits per heavy atom. The first-order chi connectivity index (χ1) is 21.0. The molecule has 0 aromatic heterocycles. The van der Waals surface area contributed by atoms with E-state index in [0.29, 0.717) is 18.8 Å². The second-order valence-electron chi connectivity index (χ2n) is 16.9. The Morgan fingerprint density at radius 1 is 0.844 bits per heavy atom. The van der Waals surface area contributed by atoms with Crippen LogP contribution in [0, 0.1) is 50.2 Å². The second-order valence-corrected chi connectivity index (χ2v) is 16.9. The fourth-order valence-corrected chi connectivity index (χ4v) is 11.7. The number of aliphatic carboxylic acids is 1. The molecule has 7 nitrogen and oxygen atoms in total. The van der Waals surface area contributed by atoms with Gasteiger partial charge in [-0.3, -0.25) is 4.79 Å². The van der Waals surface area contributed by atoms with Gasteiger partial charge < -0.3 is 19.7 Å². The number of carboxylic acids is 2. The molecule has 0 aliphatic heterocycles. The lowest BCUT2D eigenvalue weighted by Crippen LogP contribution is -2.66. The highest BCUT2D eigenvalue weighted by Gasteiger charge is 2.70. The molecule has 7 heteroatoms. The number of carboxylic acid groups (broad SMARTS) is 2. The molecule has 45 heavy (non-hydrogen) atoms. The molecule has 1 aromatic rings. The summed E-state index contributed by atoms with van der Waals surface area (Å²) in [5.74, 6) is -2.18. The van der Waals surface area contributed by atoms with Gasteiger partial charge in [-0.15, -0.1) is 0 Å². The number of allylic oxidation sites excluding steroid dienone is 2. The number of carbonyl (C=O) groups is 4. The number of rotatable bonds is 5. The molecule has 1 aromatic carbocycles. The van der Waals surface area contributed by atoms with Crippen molar-refractivity contribution >= 4 is 24.2 Å². The minimum absolute atomic E-state index is 0.00120. The summed E-state index contributed by atoms with van der Waals surface area (Å²) in [4.78, 5) is 51.1. The lowest BCUT2D eigenvalue weighted by molar-refractivity contribution is -0.205. The summed E-state index contributed by atoms with van der Waals surface area (Å²) in [6, 6.07) is 6.05. The van der Waals surface area contributed by atoms with Gasteiger partial charge in [0.1, 0.15) is 12.4 Å². The monoisotopic (exact) mass is 618 g/mol. The van der Waals surface area contributed by atoms with Crippen molar-refractivity contribution in [3.63, 3.8) is 0 Å². The van der Waals surface area contributed by atoms with E-state index in [4.69, 9.17) is 4.74 Å². The quantitative estimate of drug-likeness (QED) is 0.195. The molecule has 2 N–H and O–H groups in total. The molecular weight excluding hydrogens is 568 g/mol. The van der Waals surface area contributed by atoms with Crippen LogP contribution in [0.5, 0.6) is 0 Å². The third-order valence-electron chi connectivity index (χ3n) is 14.6. The highest BCUT2D eigenvalue weighted by molar-refractivity contribution is 6.02. The summed E-state index contributed by atoms with van der Waals surface area (Å²) in [5, 5.41) is 20.3. The maximum absolute atomic E-state index is 13.3. The summed E-state index contributed by atoms with van der Waals surface area (Å²) in [6.07, 6.45) is 10.9. The fraction of sp³-hybridized carbons (Fsp3) is 0.684. The van der Waals surface area contributed by atoms with Crippen LogP contribution in [0.1, 0.15) is 126 Å². The standard InChI is InChI=1S/C38H50O7/c1-33(2)17-19-38(32(43)44)20-18-36(5)25(26(38)21-33)11-12-28-34(3)15-14-29(35(4,22-39)27(34)13-16-37(28,36)6)45-31(42)24-10-8-7-9-23(24)30(40)41/h7-11,22,26-29H,12-21H2,1-6H3,(H,40,41)(H,43,44)/t26-,27+,28+,29-,34-,35-,36+,37+,38-/m0/s1. The van der Waals surface area contributed by atoms with E-state index in [-0.39, 0.29) is 44.6 Å². The molecule has 9 atom stereocenters. The Bertz CT molecular complexity index is 1480. The van der Waals surface area contributed by atoms with E-state index >= 15 is 0 Å². The molecule has 5 aliphatic carbocycles. The van der Waals surface area contributed by atoms with Gasteiger partial charge in [0.2, 0.25) is 0 Å². The predicted octanol–water partition coefficient (Wildman–Crippen LogP) is 7.98. The van der Waals surface area contributed by atoms with Gasteiger partial charge in [-0.25, -0.2) is 9.59 Å². The minimum atomic E-state index is -1.19. The Morgan fingerprint density at radius 2 is 1.51 bits per heavy atom. The molecule has 4 fully saturated rings. The van der Waals surface area contributed by atoms with E-state index in [1.807, 2.05) is 6.92 Å². The number of carbonyl (C=O) groups excluding carboxylic acids is 2. The highest BCUT2D eigenvalue weighted by atomic mass is 16.5. The number of fused-ring (bicyclic) bond motifs is 7. The molecule has 5 aliphatic rings. The average molecular weight is 619 g/mol. The Labute approximate surface area is 267 Å². The third kappa shape index (κ3) is 4.34. The second kappa shape index (κ2) is 10.3. The van der Waals surface area contributed by atoms with Crippen LogP contribution in [0.2, 0.25) is 0 Å². The number of benzene rings is 1. The van der Waals surface area contributed by atoms with Gasteiger partial charge in [0, 0.05) is 0 Å². The van der Waals surface area contributed by atoms with Gasteiger partial charge >= 0.3 is 17.9 Å². The van der Waals surface area contributed by atoms with Crippen LogP contribution in [-0.4, -0.2) is 40.5 Å². The van der Waals surface area contributed by atoms with Crippen LogP contribution < -0.4 is 0 Å². The number of hydrogen-bond acceptors (Lipinski definition) is 5. The van der Waals surface area contributed by atoms with Crippen molar-refractivity contribution in [2.45, 2.75) is 112 Å². The molecule has 0 bridgehead atoms. The van der Waals surface area contributed by atoms with E-state index in [1.54, 1.807) is 12.1 Å². The molecule has 0 amide bonds. The number of ether oxygens (including phenoxy) is 1. The minimum Gasteiger partial charge on any atom is -0.481 e. The Kier molecular flexibility index (Phi) is 7.30. The zero-order chi connectivity index (χ0) is 32.8. The predicted molar refractivity (Wildman–Crippen MR) is 170 cm³/mol. The van der Waals surface area contributed by atoms with Gasteiger partial charge in [0.15, 0.2) is 0 Å². The maximum Gasteiger partial charge on any atom is 0.339 e. The van der Waals surface area contributed by atoms with Gasteiger partial charge in [0.25, 0.3) is 0 Å². The van der Waals surface area contributed by atoms with Crippen molar-refractivity contribution in [2.24, 2.45) is 50.2 Å². The molecule has 4 saturated carbocycles. The molecule has 244 valence electrons. The first-order valence-electron chi connectivity index (χ1n) is 16.9. The van der Waals surface area contributed by atoms with Gasteiger partial charge in [-0.1, -0.05) is 58.4 Å². The normalized spacial score (nSPS) is 43.3. The summed E-state index contributed by atoms with van der Waals surface area (Å²) in [7, 11) is 0. The van der Waals surface area contributed by atoms with Crippen molar-refractivity contribution in [1.29, 1.82) is 0 Å². The van der Waals surface area contributed by atoms with Crippen LogP contribution in [0.25, 0.3) is 0 Å². The number of aromatic carboxylic acids is 1. The van der Waals surface area contributed by atoms with E-state index < -0.39 is 34.8 Å². The zero-order valence-electron chi connectivity index (χ0n) is 27.8. The van der Waals surface area contributed by atoms with E-state index in [9.17, 15) is 29.4 Å². The van der Waals surface area contributed by atoms with Crippen molar-refractivity contribution in [2.75, 3.05) is 0 Å². The van der Waals surface area contributed by atoms with Crippen molar-refractivity contribution in [1.82, 2.24) is 0 Å². The number of aldehydes is 1. The number of hydrogen-bond donors (Lipinski definition) is 2. The van der Waals surface area contributed by atoms with Crippen LogP contribution in [0.3, 0.4) is 0 Å². The molecule has 0 radical (unpaired) electrons. The molecule has 0 heterocycles. The Hall–Kier alpha value is -2.96. The summed E-state index contributed by atoms with van der Waals surface area (Å²) in [6.45, 7) is 13.7. The third-order valence-corrected chi connectivity index (χ3v) is 14.6. The molecular formula is C38H50O7. The van der Waals surface area contributed by atoms with Crippen LogP contribution in [-0.2, 0) is 14.3 Å². The SMILES string of the molecule is CC1(C)CC[C@]2(C(=O)O)CC[C@]3(C)C(=CC[C@@H]4[C@@]5(C)CC[C@H](OC(=O)c6ccccc6C(=O)O)[C@@](C)(C=O)[C@@H]5CC[C@]43C)[C@@H]2C1. The largest absolute Gasteiger partial charge is 0.481 e. The molecule has 0 saturated heterocycles. The van der Waals surface area contributed by atoms with Gasteiger partial charge in [-0.2, -0.15) is 0 Å². The van der Waals surface area contributed by atoms with Crippen LogP contribution >= 0.6 is 0 Å². The average Bonchev–Trinajstić information content (AvgIpc) is 2.98. The van der Waals surface area contributed by atoms with Gasteiger partial charge in [0.05, 0.1) is 22.0 Å². The number of esters is 1. The summed E-state index contributed by atoms with van der Waals surface area (Å²) < 4.78 is 6.05. The lowest BCUT2D eigenvalue weighted by Gasteiger charge is -2.71. The lowest BCUT2D eigenvalue weighted by atomic mass is 9.33. The smallest absolute Gasteiger partial charge is 0.339 e. The molecule has 0 unspecified atom stereocenters. The maximum atomic E-state index is 13.3. The first kappa shape index (κ1) is 32.0. The van der Waals surface area contributed by atoms with Gasteiger partial charge in [-0.05, 0) is 123 Å². The summed E-state index contributed by atoms with van der Waals surface area (Å²) in [5.41, 5.74) is -0.565. The van der Waals surface area contributed by atoms with Crippen molar-refractivity contribution in [3.8, 4) is 0 Å². The highest BCUT2D eigenvalue weighted by Crippen LogP contribution is 2.75. The summed E-state index contributed by atoms with van der Waals surface area (Å²) >= 11 is 0. The van der Waals surface area contributed by atoms with Crippen molar-refractivity contribution < 1.29 is 34.1 Å². The van der Waals surface area contributed by atoms with Crippen LogP contribution in [0.15, 0.2) is 35.9 Å².